The quantitative estimate of drug-likeness (QED) is 0.893. The Morgan fingerprint density at radius 1 is 1.44 bits per heavy atom. The molecule has 0 saturated heterocycles. The van der Waals surface area contributed by atoms with Crippen molar-refractivity contribution in [3.8, 4) is 0 Å². The van der Waals surface area contributed by atoms with Gasteiger partial charge < -0.3 is 15.1 Å². The van der Waals surface area contributed by atoms with E-state index in [1.807, 2.05) is 6.92 Å². The molecule has 18 heavy (non-hydrogen) atoms. The summed E-state index contributed by atoms with van der Waals surface area (Å²) in [7, 11) is 2.18. The Labute approximate surface area is 110 Å². The molecule has 3 nitrogen and oxygen atoms in total. The fraction of sp³-hybridized carbons (Fsp3) is 0.733. The summed E-state index contributed by atoms with van der Waals surface area (Å²) in [4.78, 5) is 2.38. The molecule has 0 bridgehead atoms. The number of hydrogen-bond donors (Lipinski definition) is 1. The molecule has 1 aromatic rings. The van der Waals surface area contributed by atoms with Crippen molar-refractivity contribution < 1.29 is 4.42 Å². The fourth-order valence-electron chi connectivity index (χ4n) is 3.06. The molecule has 0 spiro atoms. The van der Waals surface area contributed by atoms with E-state index in [-0.39, 0.29) is 0 Å². The van der Waals surface area contributed by atoms with Gasteiger partial charge in [0.2, 0.25) is 0 Å². The van der Waals surface area contributed by atoms with E-state index in [0.717, 1.165) is 24.8 Å². The molecule has 1 heterocycles. The van der Waals surface area contributed by atoms with Crippen LogP contribution in [0.15, 0.2) is 16.7 Å². The third-order valence-corrected chi connectivity index (χ3v) is 4.26. The first-order chi connectivity index (χ1) is 8.56. The molecule has 3 atom stereocenters. The summed E-state index contributed by atoms with van der Waals surface area (Å²) in [5, 5.41) is 0. The van der Waals surface area contributed by atoms with E-state index in [4.69, 9.17) is 10.2 Å². The van der Waals surface area contributed by atoms with Gasteiger partial charge in [0.05, 0.1) is 6.26 Å². The maximum Gasteiger partial charge on any atom is 0.105 e. The summed E-state index contributed by atoms with van der Waals surface area (Å²) in [5.41, 5.74) is 7.53. The highest BCUT2D eigenvalue weighted by atomic mass is 16.3. The molecule has 0 radical (unpaired) electrons. The Kier molecular flexibility index (Phi) is 4.46. The van der Waals surface area contributed by atoms with Gasteiger partial charge in [-0.1, -0.05) is 6.92 Å². The Morgan fingerprint density at radius 2 is 2.22 bits per heavy atom. The highest BCUT2D eigenvalue weighted by Gasteiger charge is 2.26. The smallest absolute Gasteiger partial charge is 0.105 e. The van der Waals surface area contributed by atoms with Gasteiger partial charge in [-0.25, -0.2) is 0 Å². The number of aryl methyl sites for hydroxylation is 1. The van der Waals surface area contributed by atoms with Crippen molar-refractivity contribution in [2.24, 2.45) is 17.6 Å². The zero-order valence-corrected chi connectivity index (χ0v) is 11.9. The first-order valence-corrected chi connectivity index (χ1v) is 7.03. The lowest BCUT2D eigenvalue weighted by atomic mass is 9.79. The maximum absolute atomic E-state index is 6.25. The highest BCUT2D eigenvalue weighted by molar-refractivity contribution is 5.15. The molecule has 102 valence electrons. The van der Waals surface area contributed by atoms with E-state index in [2.05, 4.69) is 24.9 Å². The molecule has 1 fully saturated rings. The van der Waals surface area contributed by atoms with Crippen LogP contribution in [0, 0.1) is 18.8 Å². The van der Waals surface area contributed by atoms with Crippen molar-refractivity contribution in [1.29, 1.82) is 0 Å². The fourth-order valence-corrected chi connectivity index (χ4v) is 3.06. The van der Waals surface area contributed by atoms with Crippen LogP contribution in [0.25, 0.3) is 0 Å². The van der Waals surface area contributed by atoms with Crippen LogP contribution >= 0.6 is 0 Å². The molecule has 2 N–H and O–H groups in total. The van der Waals surface area contributed by atoms with E-state index in [0.29, 0.717) is 12.0 Å². The number of rotatable bonds is 4. The number of nitrogens with two attached hydrogens (primary N) is 1. The van der Waals surface area contributed by atoms with Crippen molar-refractivity contribution in [3.05, 3.63) is 23.7 Å². The van der Waals surface area contributed by atoms with Crippen molar-refractivity contribution in [1.82, 2.24) is 4.90 Å². The second kappa shape index (κ2) is 5.89. The van der Waals surface area contributed by atoms with Crippen LogP contribution in [0.5, 0.6) is 0 Å². The number of nitrogens with zero attached hydrogens (tertiary/aromatic N) is 1. The molecule has 0 aromatic carbocycles. The summed E-state index contributed by atoms with van der Waals surface area (Å²) >= 11 is 0. The largest absolute Gasteiger partial charge is 0.469 e. The molecule has 1 saturated carbocycles. The van der Waals surface area contributed by atoms with Crippen molar-refractivity contribution >= 4 is 0 Å². The Morgan fingerprint density at radius 3 is 2.89 bits per heavy atom. The summed E-state index contributed by atoms with van der Waals surface area (Å²) in [6.07, 6.45) is 5.52. The Balaban J connectivity index is 1.86. The van der Waals surface area contributed by atoms with Gasteiger partial charge in [-0.15, -0.1) is 0 Å². The van der Waals surface area contributed by atoms with E-state index in [1.54, 1.807) is 6.26 Å². The summed E-state index contributed by atoms with van der Waals surface area (Å²) in [6.45, 7) is 6.42. The van der Waals surface area contributed by atoms with Gasteiger partial charge >= 0.3 is 0 Å². The second-order valence-electron chi connectivity index (χ2n) is 6.04. The summed E-state index contributed by atoms with van der Waals surface area (Å²) in [5.74, 6) is 2.51. The predicted molar refractivity (Wildman–Crippen MR) is 74.3 cm³/mol. The van der Waals surface area contributed by atoms with Crippen molar-refractivity contribution in [2.75, 3.05) is 13.6 Å². The average molecular weight is 250 g/mol. The molecule has 1 aromatic heterocycles. The third kappa shape index (κ3) is 3.36. The minimum Gasteiger partial charge on any atom is -0.469 e. The SMILES string of the molecule is Cc1occc1CN(C)CC1CC(C)CCC1N. The van der Waals surface area contributed by atoms with E-state index < -0.39 is 0 Å². The monoisotopic (exact) mass is 250 g/mol. The Hall–Kier alpha value is -0.800. The topological polar surface area (TPSA) is 42.4 Å². The molecule has 1 aliphatic rings. The molecular formula is C15H26N2O. The molecule has 0 aliphatic heterocycles. The van der Waals surface area contributed by atoms with Crippen molar-refractivity contribution in [2.45, 2.75) is 45.7 Å². The van der Waals surface area contributed by atoms with E-state index >= 15 is 0 Å². The highest BCUT2D eigenvalue weighted by Crippen LogP contribution is 2.28. The number of hydrogen-bond acceptors (Lipinski definition) is 3. The zero-order chi connectivity index (χ0) is 13.1. The lowest BCUT2D eigenvalue weighted by molar-refractivity contribution is 0.177. The summed E-state index contributed by atoms with van der Waals surface area (Å²) in [6, 6.07) is 2.45. The normalized spacial score (nSPS) is 28.8. The third-order valence-electron chi connectivity index (χ3n) is 4.26. The first kappa shape index (κ1) is 13.6. The van der Waals surface area contributed by atoms with Crippen LogP contribution in [0.3, 0.4) is 0 Å². The van der Waals surface area contributed by atoms with Crippen LogP contribution in [-0.2, 0) is 6.54 Å². The van der Waals surface area contributed by atoms with E-state index in [9.17, 15) is 0 Å². The second-order valence-corrected chi connectivity index (χ2v) is 6.04. The van der Waals surface area contributed by atoms with Crippen molar-refractivity contribution in [3.63, 3.8) is 0 Å². The van der Waals surface area contributed by atoms with Crippen LogP contribution in [-0.4, -0.2) is 24.5 Å². The van der Waals surface area contributed by atoms with Crippen LogP contribution in [0.4, 0.5) is 0 Å². The van der Waals surface area contributed by atoms with Gasteiger partial charge in [-0.2, -0.15) is 0 Å². The van der Waals surface area contributed by atoms with Crippen LogP contribution in [0.2, 0.25) is 0 Å². The van der Waals surface area contributed by atoms with E-state index in [1.165, 1.54) is 24.8 Å². The van der Waals surface area contributed by atoms with Gasteiger partial charge in [-0.05, 0) is 51.1 Å². The standard InChI is InChI=1S/C15H26N2O/c1-11-4-5-15(16)14(8-11)10-17(3)9-13-6-7-18-12(13)2/h6-7,11,14-15H,4-5,8-10,16H2,1-3H3. The minimum absolute atomic E-state index is 0.383. The van der Waals surface area contributed by atoms with Crippen LogP contribution in [0.1, 0.15) is 37.5 Å². The number of furan rings is 1. The minimum atomic E-state index is 0.383. The van der Waals surface area contributed by atoms with Crippen LogP contribution < -0.4 is 5.73 Å². The van der Waals surface area contributed by atoms with Gasteiger partial charge in [-0.3, -0.25) is 0 Å². The van der Waals surface area contributed by atoms with Gasteiger partial charge in [0, 0.05) is 24.7 Å². The average Bonchev–Trinajstić information content (AvgIpc) is 2.70. The molecule has 0 amide bonds. The molecule has 3 unspecified atom stereocenters. The predicted octanol–water partition coefficient (Wildman–Crippen LogP) is 2.78. The first-order valence-electron chi connectivity index (χ1n) is 7.03. The van der Waals surface area contributed by atoms with Gasteiger partial charge in [0.1, 0.15) is 5.76 Å². The Bertz CT molecular complexity index is 374. The molecule has 1 aliphatic carbocycles. The lowest BCUT2D eigenvalue weighted by Gasteiger charge is -2.35. The van der Waals surface area contributed by atoms with Gasteiger partial charge in [0.25, 0.3) is 0 Å². The zero-order valence-electron chi connectivity index (χ0n) is 11.9. The maximum atomic E-state index is 6.25. The molecular weight excluding hydrogens is 224 g/mol. The molecule has 2 rings (SSSR count). The molecule has 3 heteroatoms. The lowest BCUT2D eigenvalue weighted by Crippen LogP contribution is -2.41. The van der Waals surface area contributed by atoms with Gasteiger partial charge in [0.15, 0.2) is 0 Å². The summed E-state index contributed by atoms with van der Waals surface area (Å²) < 4.78 is 5.34.